The molecule has 1 fully saturated rings. The number of fused-ring (bicyclic) bond motifs is 1. The van der Waals surface area contributed by atoms with E-state index in [-0.39, 0.29) is 22.1 Å². The third-order valence-electron chi connectivity index (χ3n) is 5.03. The van der Waals surface area contributed by atoms with Crippen LogP contribution in [0.5, 0.6) is 0 Å². The van der Waals surface area contributed by atoms with Crippen LogP contribution in [-0.4, -0.2) is 56.1 Å². The van der Waals surface area contributed by atoms with Crippen molar-refractivity contribution in [2.45, 2.75) is 11.8 Å². The van der Waals surface area contributed by atoms with Crippen LogP contribution in [0.3, 0.4) is 0 Å². The molecule has 1 saturated heterocycles. The Morgan fingerprint density at radius 1 is 1.10 bits per heavy atom. The van der Waals surface area contributed by atoms with E-state index in [0.717, 1.165) is 15.3 Å². The highest BCUT2D eigenvalue weighted by Gasteiger charge is 2.28. The molecule has 2 aromatic carbocycles. The number of anilines is 1. The second-order valence-corrected chi connectivity index (χ2v) is 10.4. The minimum absolute atomic E-state index is 0.0365. The third kappa shape index (κ3) is 3.84. The molecular formula is C20H20ClN3O3S2. The lowest BCUT2D eigenvalue weighted by Crippen LogP contribution is -2.49. The standard InChI is InChI=1S/C20H20ClN3O3S2/c1-2-29(26,27)17-9-4-3-6-14(17)19(25)23-10-12-24(13-11-23)20-22-18-15(21)7-5-8-16(18)28-20/h3-9H,2,10-13H2,1H3. The largest absolute Gasteiger partial charge is 0.345 e. The first kappa shape index (κ1) is 20.1. The Hall–Kier alpha value is -2.16. The maximum Gasteiger partial charge on any atom is 0.255 e. The van der Waals surface area contributed by atoms with E-state index in [2.05, 4.69) is 9.88 Å². The summed E-state index contributed by atoms with van der Waals surface area (Å²) in [5.41, 5.74) is 1.04. The number of rotatable bonds is 4. The van der Waals surface area contributed by atoms with Crippen LogP contribution >= 0.6 is 22.9 Å². The fourth-order valence-electron chi connectivity index (χ4n) is 3.38. The second-order valence-electron chi connectivity index (χ2n) is 6.76. The van der Waals surface area contributed by atoms with E-state index in [4.69, 9.17) is 11.6 Å². The first-order valence-electron chi connectivity index (χ1n) is 9.32. The van der Waals surface area contributed by atoms with Gasteiger partial charge in [0.25, 0.3) is 5.91 Å². The van der Waals surface area contributed by atoms with E-state index in [1.165, 1.54) is 6.07 Å². The maximum absolute atomic E-state index is 13.0. The van der Waals surface area contributed by atoms with Gasteiger partial charge < -0.3 is 9.80 Å². The number of amides is 1. The van der Waals surface area contributed by atoms with Crippen LogP contribution in [-0.2, 0) is 9.84 Å². The number of sulfone groups is 1. The van der Waals surface area contributed by atoms with Crippen molar-refractivity contribution in [2.24, 2.45) is 0 Å². The number of carbonyl (C=O) groups excluding carboxylic acids is 1. The summed E-state index contributed by atoms with van der Waals surface area (Å²) in [5.74, 6) is -0.282. The number of thiazole rings is 1. The fraction of sp³-hybridized carbons (Fsp3) is 0.300. The number of hydrogen-bond donors (Lipinski definition) is 0. The first-order chi connectivity index (χ1) is 13.9. The Labute approximate surface area is 178 Å². The summed E-state index contributed by atoms with van der Waals surface area (Å²) in [5, 5.41) is 1.52. The number of hydrogen-bond acceptors (Lipinski definition) is 6. The summed E-state index contributed by atoms with van der Waals surface area (Å²) >= 11 is 7.81. The molecule has 0 N–H and O–H groups in total. The topological polar surface area (TPSA) is 70.6 Å². The van der Waals surface area contributed by atoms with E-state index >= 15 is 0 Å². The predicted octanol–water partition coefficient (Wildman–Crippen LogP) is 3.71. The predicted molar refractivity (Wildman–Crippen MR) is 117 cm³/mol. The van der Waals surface area contributed by atoms with Gasteiger partial charge in [0.2, 0.25) is 0 Å². The Balaban J connectivity index is 1.51. The van der Waals surface area contributed by atoms with Crippen LogP contribution in [0.25, 0.3) is 10.2 Å². The molecule has 6 nitrogen and oxygen atoms in total. The van der Waals surface area contributed by atoms with Gasteiger partial charge >= 0.3 is 0 Å². The lowest BCUT2D eigenvalue weighted by Gasteiger charge is -2.34. The Kier molecular flexibility index (Phi) is 5.50. The molecular weight excluding hydrogens is 430 g/mol. The first-order valence-corrected chi connectivity index (χ1v) is 12.2. The molecule has 1 aliphatic heterocycles. The van der Waals surface area contributed by atoms with Crippen LogP contribution in [0.15, 0.2) is 47.4 Å². The van der Waals surface area contributed by atoms with Gasteiger partial charge in [0.1, 0.15) is 5.52 Å². The van der Waals surface area contributed by atoms with Crippen molar-refractivity contribution >= 4 is 54.0 Å². The number of halogens is 1. The second kappa shape index (κ2) is 7.93. The van der Waals surface area contributed by atoms with Crippen molar-refractivity contribution in [3.8, 4) is 0 Å². The van der Waals surface area contributed by atoms with Crippen molar-refractivity contribution in [1.29, 1.82) is 0 Å². The molecule has 0 bridgehead atoms. The average molecular weight is 450 g/mol. The van der Waals surface area contributed by atoms with Gasteiger partial charge in [-0.2, -0.15) is 0 Å². The van der Waals surface area contributed by atoms with Gasteiger partial charge in [-0.05, 0) is 24.3 Å². The van der Waals surface area contributed by atoms with E-state index in [1.54, 1.807) is 41.4 Å². The van der Waals surface area contributed by atoms with Gasteiger partial charge in [0, 0.05) is 26.2 Å². The molecule has 3 aromatic rings. The van der Waals surface area contributed by atoms with Gasteiger partial charge in [-0.1, -0.05) is 48.1 Å². The molecule has 0 saturated carbocycles. The Morgan fingerprint density at radius 3 is 2.52 bits per heavy atom. The summed E-state index contributed by atoms with van der Waals surface area (Å²) in [6.45, 7) is 3.85. The lowest BCUT2D eigenvalue weighted by atomic mass is 10.2. The minimum Gasteiger partial charge on any atom is -0.345 e. The number of piperazine rings is 1. The molecule has 0 spiro atoms. The van der Waals surface area contributed by atoms with Crippen molar-refractivity contribution in [1.82, 2.24) is 9.88 Å². The molecule has 29 heavy (non-hydrogen) atoms. The summed E-state index contributed by atoms with van der Waals surface area (Å²) in [6.07, 6.45) is 0. The highest BCUT2D eigenvalue weighted by molar-refractivity contribution is 7.91. The van der Waals surface area contributed by atoms with Crippen LogP contribution in [0, 0.1) is 0 Å². The van der Waals surface area contributed by atoms with Gasteiger partial charge in [-0.15, -0.1) is 0 Å². The van der Waals surface area contributed by atoms with E-state index < -0.39 is 9.84 Å². The van der Waals surface area contributed by atoms with Gasteiger partial charge in [0.15, 0.2) is 15.0 Å². The smallest absolute Gasteiger partial charge is 0.255 e. The SMILES string of the molecule is CCS(=O)(=O)c1ccccc1C(=O)N1CCN(c2nc3c(Cl)cccc3s2)CC1. The zero-order valence-electron chi connectivity index (χ0n) is 15.8. The van der Waals surface area contributed by atoms with Crippen LogP contribution in [0.1, 0.15) is 17.3 Å². The van der Waals surface area contributed by atoms with E-state index in [1.807, 2.05) is 18.2 Å². The van der Waals surface area contributed by atoms with E-state index in [0.29, 0.717) is 31.2 Å². The molecule has 0 unspecified atom stereocenters. The number of carbonyl (C=O) groups is 1. The van der Waals surface area contributed by atoms with Gasteiger partial charge in [-0.3, -0.25) is 4.79 Å². The summed E-state index contributed by atoms with van der Waals surface area (Å²) in [7, 11) is -3.46. The van der Waals surface area contributed by atoms with Crippen LogP contribution in [0.2, 0.25) is 5.02 Å². The molecule has 1 amide bonds. The summed E-state index contributed by atoms with van der Waals surface area (Å²) in [4.78, 5) is 21.6. The van der Waals surface area contributed by atoms with Gasteiger partial charge in [-0.25, -0.2) is 13.4 Å². The number of nitrogens with zero attached hydrogens (tertiary/aromatic N) is 3. The average Bonchev–Trinajstić information content (AvgIpc) is 3.19. The van der Waals surface area contributed by atoms with Crippen molar-refractivity contribution in [2.75, 3.05) is 36.8 Å². The van der Waals surface area contributed by atoms with Crippen molar-refractivity contribution in [3.05, 3.63) is 53.1 Å². The molecule has 1 aliphatic rings. The molecule has 0 radical (unpaired) electrons. The molecule has 2 heterocycles. The third-order valence-corrected chi connectivity index (χ3v) is 8.20. The number of benzene rings is 2. The fourth-order valence-corrected chi connectivity index (χ4v) is 5.78. The van der Waals surface area contributed by atoms with Crippen molar-refractivity contribution in [3.63, 3.8) is 0 Å². The molecule has 0 atom stereocenters. The maximum atomic E-state index is 13.0. The van der Waals surface area contributed by atoms with Crippen LogP contribution < -0.4 is 4.90 Å². The Morgan fingerprint density at radius 2 is 1.83 bits per heavy atom. The summed E-state index contributed by atoms with van der Waals surface area (Å²) < 4.78 is 25.8. The zero-order valence-corrected chi connectivity index (χ0v) is 18.2. The number of aromatic nitrogens is 1. The molecule has 0 aliphatic carbocycles. The lowest BCUT2D eigenvalue weighted by molar-refractivity contribution is 0.0743. The van der Waals surface area contributed by atoms with Crippen molar-refractivity contribution < 1.29 is 13.2 Å². The summed E-state index contributed by atoms with van der Waals surface area (Å²) in [6, 6.07) is 12.2. The quantitative estimate of drug-likeness (QED) is 0.607. The molecule has 152 valence electrons. The van der Waals surface area contributed by atoms with E-state index in [9.17, 15) is 13.2 Å². The van der Waals surface area contributed by atoms with Crippen LogP contribution in [0.4, 0.5) is 5.13 Å². The Bertz CT molecular complexity index is 1170. The molecule has 4 rings (SSSR count). The molecule has 9 heteroatoms. The number of para-hydroxylation sites is 1. The zero-order chi connectivity index (χ0) is 20.6. The monoisotopic (exact) mass is 449 g/mol. The molecule has 1 aromatic heterocycles. The normalized spacial score (nSPS) is 15.1. The highest BCUT2D eigenvalue weighted by Crippen LogP contribution is 2.33. The minimum atomic E-state index is -3.46. The van der Waals surface area contributed by atoms with Gasteiger partial charge in [0.05, 0.1) is 25.9 Å². The highest BCUT2D eigenvalue weighted by atomic mass is 35.5.